The van der Waals surface area contributed by atoms with Crippen LogP contribution in [0.3, 0.4) is 0 Å². The molecule has 21 heavy (non-hydrogen) atoms. The molecule has 1 atom stereocenters. The molecule has 0 amide bonds. The van der Waals surface area contributed by atoms with E-state index < -0.39 is 10.0 Å². The maximum Gasteiger partial charge on any atom is 0.243 e. The van der Waals surface area contributed by atoms with E-state index in [9.17, 15) is 8.42 Å². The molecule has 1 saturated heterocycles. The van der Waals surface area contributed by atoms with Crippen molar-refractivity contribution in [2.75, 3.05) is 18.8 Å². The molecule has 3 nitrogen and oxygen atoms in total. The van der Waals surface area contributed by atoms with Crippen molar-refractivity contribution in [3.63, 3.8) is 0 Å². The van der Waals surface area contributed by atoms with Crippen molar-refractivity contribution in [1.82, 2.24) is 4.31 Å². The lowest BCUT2D eigenvalue weighted by Gasteiger charge is -2.19. The first kappa shape index (κ1) is 15.1. The van der Waals surface area contributed by atoms with Gasteiger partial charge in [-0.25, -0.2) is 8.42 Å². The average Bonchev–Trinajstić information content (AvgIpc) is 2.92. The van der Waals surface area contributed by atoms with Crippen LogP contribution in [0.5, 0.6) is 0 Å². The summed E-state index contributed by atoms with van der Waals surface area (Å²) in [7, 11) is -3.35. The van der Waals surface area contributed by atoms with Gasteiger partial charge < -0.3 is 0 Å². The van der Waals surface area contributed by atoms with E-state index in [1.165, 1.54) is 4.88 Å². The molecule has 0 N–H and O–H groups in total. The van der Waals surface area contributed by atoms with Gasteiger partial charge in [0.1, 0.15) is 0 Å². The largest absolute Gasteiger partial charge is 0.243 e. The zero-order chi connectivity index (χ0) is 14.7. The van der Waals surface area contributed by atoms with Crippen molar-refractivity contribution in [2.24, 2.45) is 0 Å². The van der Waals surface area contributed by atoms with Crippen LogP contribution in [0.15, 0.2) is 52.7 Å². The minimum atomic E-state index is -3.35. The highest BCUT2D eigenvalue weighted by Gasteiger charge is 2.28. The van der Waals surface area contributed by atoms with Gasteiger partial charge >= 0.3 is 0 Å². The number of hydrogen-bond acceptors (Lipinski definition) is 4. The predicted molar refractivity (Wildman–Crippen MR) is 89.3 cm³/mol. The topological polar surface area (TPSA) is 37.4 Å². The van der Waals surface area contributed by atoms with Crippen LogP contribution >= 0.6 is 23.1 Å². The van der Waals surface area contributed by atoms with Crippen LogP contribution in [0.4, 0.5) is 0 Å². The van der Waals surface area contributed by atoms with Crippen LogP contribution in [-0.2, 0) is 10.0 Å². The van der Waals surface area contributed by atoms with E-state index in [0.29, 0.717) is 23.2 Å². The van der Waals surface area contributed by atoms with E-state index in [0.717, 1.165) is 12.2 Å². The summed E-state index contributed by atoms with van der Waals surface area (Å²) in [5.74, 6) is 0.842. The quantitative estimate of drug-likeness (QED) is 0.857. The van der Waals surface area contributed by atoms with Gasteiger partial charge in [0.05, 0.1) is 4.90 Å². The number of rotatable bonds is 3. The highest BCUT2D eigenvalue weighted by molar-refractivity contribution is 7.99. The zero-order valence-corrected chi connectivity index (χ0v) is 14.0. The van der Waals surface area contributed by atoms with Gasteiger partial charge in [-0.2, -0.15) is 16.1 Å². The minimum Gasteiger partial charge on any atom is -0.207 e. The molecule has 1 aromatic heterocycles. The molecule has 1 aliphatic rings. The second kappa shape index (κ2) is 6.52. The summed E-state index contributed by atoms with van der Waals surface area (Å²) in [4.78, 5) is 1.74. The smallest absolute Gasteiger partial charge is 0.207 e. The summed E-state index contributed by atoms with van der Waals surface area (Å²) in [5, 5.41) is 2.50. The number of hydrogen-bond donors (Lipinski definition) is 0. The van der Waals surface area contributed by atoms with Gasteiger partial charge in [-0.15, -0.1) is 11.3 Å². The Morgan fingerprint density at radius 1 is 1.05 bits per heavy atom. The third kappa shape index (κ3) is 3.34. The van der Waals surface area contributed by atoms with E-state index in [4.69, 9.17) is 0 Å². The molecule has 1 aliphatic heterocycles. The summed E-state index contributed by atoms with van der Waals surface area (Å²) in [6.45, 7) is 1.18. The van der Waals surface area contributed by atoms with Gasteiger partial charge in [0, 0.05) is 29.0 Å². The summed E-state index contributed by atoms with van der Waals surface area (Å²) in [6.07, 6.45) is 0.872. The van der Waals surface area contributed by atoms with Gasteiger partial charge in [0.15, 0.2) is 0 Å². The maximum absolute atomic E-state index is 12.7. The van der Waals surface area contributed by atoms with Gasteiger partial charge in [0.25, 0.3) is 0 Å². The number of benzene rings is 1. The van der Waals surface area contributed by atoms with Crippen molar-refractivity contribution in [1.29, 1.82) is 0 Å². The van der Waals surface area contributed by atoms with Crippen molar-refractivity contribution in [3.8, 4) is 0 Å². The second-order valence-electron chi connectivity index (χ2n) is 4.88. The molecule has 0 radical (unpaired) electrons. The van der Waals surface area contributed by atoms with Crippen LogP contribution in [0.2, 0.25) is 0 Å². The molecule has 2 heterocycles. The van der Waals surface area contributed by atoms with E-state index in [2.05, 4.69) is 17.5 Å². The molecule has 0 saturated carbocycles. The summed E-state index contributed by atoms with van der Waals surface area (Å²) in [6, 6.07) is 12.9. The number of thioether (sulfide) groups is 1. The third-order valence-electron chi connectivity index (χ3n) is 3.54. The van der Waals surface area contributed by atoms with Crippen LogP contribution < -0.4 is 0 Å². The Kier molecular flexibility index (Phi) is 4.69. The lowest BCUT2D eigenvalue weighted by molar-refractivity contribution is 0.428. The average molecular weight is 340 g/mol. The Bertz CT molecular complexity index is 668. The molecule has 112 valence electrons. The number of sulfonamides is 1. The number of nitrogens with zero attached hydrogens (tertiary/aromatic N) is 1. The van der Waals surface area contributed by atoms with Gasteiger partial charge in [-0.3, -0.25) is 0 Å². The maximum atomic E-state index is 12.7. The van der Waals surface area contributed by atoms with Gasteiger partial charge in [-0.1, -0.05) is 24.3 Å². The molecular weight excluding hydrogens is 322 g/mol. The molecule has 0 bridgehead atoms. The van der Waals surface area contributed by atoms with Crippen molar-refractivity contribution >= 4 is 33.1 Å². The van der Waals surface area contributed by atoms with Gasteiger partial charge in [0.2, 0.25) is 10.0 Å². The molecule has 2 aromatic rings. The molecule has 0 aliphatic carbocycles. The van der Waals surface area contributed by atoms with E-state index in [1.807, 2.05) is 17.8 Å². The van der Waals surface area contributed by atoms with E-state index in [1.54, 1.807) is 39.9 Å². The molecule has 0 spiro atoms. The fraction of sp³-hybridized carbons (Fsp3) is 0.333. The number of thiophene rings is 1. The van der Waals surface area contributed by atoms with Crippen molar-refractivity contribution in [3.05, 3.63) is 52.7 Å². The summed E-state index contributed by atoms with van der Waals surface area (Å²) >= 11 is 3.62. The standard InChI is InChI=1S/C15H17NO2S3/c17-21(18,13-5-2-1-3-6-13)16-9-8-15(20-12-10-16)14-7-4-11-19-14/h1-7,11,15H,8-10,12H2. The lowest BCUT2D eigenvalue weighted by atomic mass is 10.2. The Labute approximate surface area is 134 Å². The Morgan fingerprint density at radius 2 is 1.86 bits per heavy atom. The summed E-state index contributed by atoms with van der Waals surface area (Å²) in [5.41, 5.74) is 0. The third-order valence-corrected chi connectivity index (χ3v) is 7.90. The molecule has 6 heteroatoms. The lowest BCUT2D eigenvalue weighted by Crippen LogP contribution is -2.33. The van der Waals surface area contributed by atoms with Gasteiger partial charge in [-0.05, 0) is 30.0 Å². The monoisotopic (exact) mass is 339 g/mol. The minimum absolute atomic E-state index is 0.393. The fourth-order valence-electron chi connectivity index (χ4n) is 2.43. The Hall–Kier alpha value is -0.820. The van der Waals surface area contributed by atoms with E-state index in [-0.39, 0.29) is 0 Å². The van der Waals surface area contributed by atoms with Crippen LogP contribution in [-0.4, -0.2) is 31.6 Å². The fourth-order valence-corrected chi connectivity index (χ4v) is 6.26. The Morgan fingerprint density at radius 3 is 2.57 bits per heavy atom. The van der Waals surface area contributed by atoms with Crippen LogP contribution in [0, 0.1) is 0 Å². The highest BCUT2D eigenvalue weighted by Crippen LogP contribution is 2.37. The first-order valence-electron chi connectivity index (χ1n) is 6.88. The molecule has 1 fully saturated rings. The first-order valence-corrected chi connectivity index (χ1v) is 10.2. The van der Waals surface area contributed by atoms with Crippen molar-refractivity contribution in [2.45, 2.75) is 16.6 Å². The normalized spacial score (nSPS) is 21.0. The molecule has 1 aromatic carbocycles. The first-order chi connectivity index (χ1) is 10.2. The second-order valence-corrected chi connectivity index (χ2v) is 9.11. The van der Waals surface area contributed by atoms with E-state index >= 15 is 0 Å². The molecule has 3 rings (SSSR count). The van der Waals surface area contributed by atoms with Crippen LogP contribution in [0.25, 0.3) is 0 Å². The van der Waals surface area contributed by atoms with Crippen molar-refractivity contribution < 1.29 is 8.42 Å². The molecule has 1 unspecified atom stereocenters. The SMILES string of the molecule is O=S(=O)(c1ccccc1)N1CCSC(c2cccs2)CC1. The predicted octanol–water partition coefficient (Wildman–Crippen LogP) is 3.62. The van der Waals surface area contributed by atoms with Crippen LogP contribution in [0.1, 0.15) is 16.5 Å². The molecular formula is C15H17NO2S3. The highest BCUT2D eigenvalue weighted by atomic mass is 32.2. The zero-order valence-electron chi connectivity index (χ0n) is 11.5. The Balaban J connectivity index is 1.76. The summed E-state index contributed by atoms with van der Waals surface area (Å²) < 4.78 is 26.9.